The predicted octanol–water partition coefficient (Wildman–Crippen LogP) is 4.69. The summed E-state index contributed by atoms with van der Waals surface area (Å²) in [4.78, 5) is 0. The largest absolute Gasteiger partial charge is 0.221 e. The Balaban J connectivity index is 1.71. The lowest BCUT2D eigenvalue weighted by Crippen LogP contribution is -2.31. The van der Waals surface area contributed by atoms with Crippen LogP contribution in [0.15, 0.2) is 79.0 Å². The molecule has 0 aliphatic carbocycles. The normalized spacial score (nSPS) is 11.8. The summed E-state index contributed by atoms with van der Waals surface area (Å²) in [6.07, 6.45) is 2.18. The molecule has 5 rings (SSSR count). The molecule has 116 valence electrons. The van der Waals surface area contributed by atoms with Gasteiger partial charge in [-0.25, -0.2) is 0 Å². The van der Waals surface area contributed by atoms with E-state index in [2.05, 4.69) is 65.4 Å². The maximum absolute atomic E-state index is 8.98. The average molecular weight is 319 g/mol. The first-order valence-corrected chi connectivity index (χ1v) is 8.38. The average Bonchev–Trinajstić information content (AvgIpc) is 3.06. The van der Waals surface area contributed by atoms with Gasteiger partial charge < -0.3 is 0 Å². The molecule has 4 aromatic rings. The quantitative estimate of drug-likeness (QED) is 0.412. The number of hydrogen-bond acceptors (Lipinski definition) is 1. The van der Waals surface area contributed by atoms with E-state index in [-0.39, 0.29) is 0 Å². The number of fused-ring (bicyclic) bond motifs is 5. The molecule has 3 aromatic carbocycles. The molecule has 0 saturated carbocycles. The monoisotopic (exact) mass is 319 g/mol. The molecular formula is C23H15N2+. The van der Waals surface area contributed by atoms with Crippen LogP contribution < -0.4 is 4.57 Å². The highest BCUT2D eigenvalue weighted by atomic mass is 15.0. The van der Waals surface area contributed by atoms with Crippen molar-refractivity contribution >= 4 is 10.8 Å². The van der Waals surface area contributed by atoms with Gasteiger partial charge in [-0.3, -0.25) is 0 Å². The van der Waals surface area contributed by atoms with Gasteiger partial charge in [0.15, 0.2) is 12.7 Å². The smallest absolute Gasteiger partial charge is 0.193 e. The van der Waals surface area contributed by atoms with Crippen LogP contribution in [-0.2, 0) is 6.54 Å². The molecule has 0 unspecified atom stereocenters. The van der Waals surface area contributed by atoms with Crippen molar-refractivity contribution in [3.05, 3.63) is 90.1 Å². The summed E-state index contributed by atoms with van der Waals surface area (Å²) in [5.41, 5.74) is 6.97. The minimum absolute atomic E-state index is 0.691. The summed E-state index contributed by atoms with van der Waals surface area (Å²) in [7, 11) is 0. The highest BCUT2D eigenvalue weighted by molar-refractivity contribution is 5.95. The number of pyridine rings is 1. The van der Waals surface area contributed by atoms with Gasteiger partial charge in [0.1, 0.15) is 0 Å². The molecule has 1 aromatic heterocycles. The molecular weight excluding hydrogens is 304 g/mol. The molecule has 0 N–H and O–H groups in total. The summed E-state index contributed by atoms with van der Waals surface area (Å²) in [5, 5.41) is 11.5. The third-order valence-corrected chi connectivity index (χ3v) is 4.99. The van der Waals surface area contributed by atoms with Gasteiger partial charge in [-0.15, -0.1) is 0 Å². The maximum atomic E-state index is 8.98. The fraction of sp³-hybridized carbons (Fsp3) is 0.0435. The lowest BCUT2D eigenvalue weighted by molar-refractivity contribution is -0.671. The van der Waals surface area contributed by atoms with Crippen LogP contribution in [0.25, 0.3) is 33.2 Å². The Morgan fingerprint density at radius 1 is 0.840 bits per heavy atom. The van der Waals surface area contributed by atoms with Crippen molar-refractivity contribution in [2.45, 2.75) is 6.54 Å². The van der Waals surface area contributed by atoms with Crippen LogP contribution in [0.1, 0.15) is 11.1 Å². The molecule has 0 spiro atoms. The van der Waals surface area contributed by atoms with E-state index in [1.807, 2.05) is 24.3 Å². The number of nitrogens with zero attached hydrogens (tertiary/aromatic N) is 2. The lowest BCUT2D eigenvalue weighted by Gasteiger charge is -2.05. The molecule has 25 heavy (non-hydrogen) atoms. The zero-order chi connectivity index (χ0) is 16.8. The van der Waals surface area contributed by atoms with E-state index in [0.29, 0.717) is 5.56 Å². The molecule has 2 heterocycles. The van der Waals surface area contributed by atoms with Crippen molar-refractivity contribution in [2.75, 3.05) is 0 Å². The second-order valence-electron chi connectivity index (χ2n) is 6.44. The van der Waals surface area contributed by atoms with E-state index in [1.165, 1.54) is 33.2 Å². The van der Waals surface area contributed by atoms with E-state index in [1.54, 1.807) is 0 Å². The van der Waals surface area contributed by atoms with Crippen molar-refractivity contribution in [1.82, 2.24) is 0 Å². The van der Waals surface area contributed by atoms with Crippen molar-refractivity contribution in [3.63, 3.8) is 0 Å². The topological polar surface area (TPSA) is 27.7 Å². The van der Waals surface area contributed by atoms with Gasteiger partial charge in [0.05, 0.1) is 22.6 Å². The minimum atomic E-state index is 0.691. The maximum Gasteiger partial charge on any atom is 0.221 e. The number of aromatic nitrogens is 1. The Morgan fingerprint density at radius 2 is 1.64 bits per heavy atom. The Labute approximate surface area is 146 Å². The second-order valence-corrected chi connectivity index (χ2v) is 6.44. The lowest BCUT2D eigenvalue weighted by atomic mass is 9.97. The molecule has 2 heteroatoms. The highest BCUT2D eigenvalue weighted by Gasteiger charge is 2.28. The summed E-state index contributed by atoms with van der Waals surface area (Å²) in [5.74, 6) is 0. The Morgan fingerprint density at radius 3 is 2.48 bits per heavy atom. The van der Waals surface area contributed by atoms with Crippen molar-refractivity contribution < 1.29 is 4.57 Å². The molecule has 1 aliphatic heterocycles. The van der Waals surface area contributed by atoms with Gasteiger partial charge in [0.25, 0.3) is 0 Å². The summed E-state index contributed by atoms with van der Waals surface area (Å²) in [6.45, 7) is 0.920. The van der Waals surface area contributed by atoms with Gasteiger partial charge in [-0.05, 0) is 40.8 Å². The van der Waals surface area contributed by atoms with Gasteiger partial charge >= 0.3 is 0 Å². The van der Waals surface area contributed by atoms with E-state index >= 15 is 0 Å². The first kappa shape index (κ1) is 13.9. The van der Waals surface area contributed by atoms with Gasteiger partial charge in [-0.1, -0.05) is 42.5 Å². The highest BCUT2D eigenvalue weighted by Crippen LogP contribution is 2.35. The van der Waals surface area contributed by atoms with Crippen LogP contribution in [0.3, 0.4) is 0 Å². The summed E-state index contributed by atoms with van der Waals surface area (Å²) in [6, 6.07) is 27.4. The predicted molar refractivity (Wildman–Crippen MR) is 98.8 cm³/mol. The first-order valence-electron chi connectivity index (χ1n) is 8.38. The third kappa shape index (κ3) is 2.14. The standard InChI is InChI=1S/C23H15N2/c24-14-16-5-7-17(8-6-16)19-9-10-20-15-25-12-11-18-3-1-2-4-21(18)23(25)22(20)13-19/h1-13H,15H2/q+1. The van der Waals surface area contributed by atoms with E-state index in [9.17, 15) is 0 Å². The fourth-order valence-electron chi connectivity index (χ4n) is 3.72. The summed E-state index contributed by atoms with van der Waals surface area (Å²) < 4.78 is 2.33. The van der Waals surface area contributed by atoms with Gasteiger partial charge in [-0.2, -0.15) is 9.83 Å². The van der Waals surface area contributed by atoms with E-state index in [4.69, 9.17) is 5.26 Å². The molecule has 2 nitrogen and oxygen atoms in total. The van der Waals surface area contributed by atoms with Crippen molar-refractivity contribution in [1.29, 1.82) is 5.26 Å². The van der Waals surface area contributed by atoms with Crippen LogP contribution >= 0.6 is 0 Å². The van der Waals surface area contributed by atoms with Crippen LogP contribution in [0.2, 0.25) is 0 Å². The molecule has 0 radical (unpaired) electrons. The fourth-order valence-corrected chi connectivity index (χ4v) is 3.72. The zero-order valence-corrected chi connectivity index (χ0v) is 13.6. The third-order valence-electron chi connectivity index (χ3n) is 4.99. The number of benzene rings is 3. The molecule has 0 fully saturated rings. The summed E-state index contributed by atoms with van der Waals surface area (Å²) >= 11 is 0. The number of rotatable bonds is 1. The number of hydrogen-bond donors (Lipinski definition) is 0. The molecule has 0 saturated heterocycles. The van der Waals surface area contributed by atoms with Gasteiger partial charge in [0, 0.05) is 11.6 Å². The molecule has 0 bridgehead atoms. The second kappa shape index (κ2) is 5.29. The molecule has 0 amide bonds. The molecule has 0 atom stereocenters. The van der Waals surface area contributed by atoms with E-state index < -0.39 is 0 Å². The Hall–Kier alpha value is -3.44. The van der Waals surface area contributed by atoms with Crippen LogP contribution in [0, 0.1) is 11.3 Å². The van der Waals surface area contributed by atoms with Crippen LogP contribution in [0.5, 0.6) is 0 Å². The Bertz CT molecular complexity index is 1170. The van der Waals surface area contributed by atoms with Gasteiger partial charge in [0.2, 0.25) is 5.69 Å². The van der Waals surface area contributed by atoms with E-state index in [0.717, 1.165) is 12.1 Å². The van der Waals surface area contributed by atoms with Crippen LogP contribution in [-0.4, -0.2) is 0 Å². The van der Waals surface area contributed by atoms with Crippen molar-refractivity contribution in [2.24, 2.45) is 0 Å². The van der Waals surface area contributed by atoms with Crippen LogP contribution in [0.4, 0.5) is 0 Å². The minimum Gasteiger partial charge on any atom is -0.193 e. The Kier molecular flexibility index (Phi) is 2.95. The van der Waals surface area contributed by atoms with Crippen molar-refractivity contribution in [3.8, 4) is 28.5 Å². The zero-order valence-electron chi connectivity index (χ0n) is 13.6. The number of nitriles is 1. The molecule has 1 aliphatic rings. The first-order chi connectivity index (χ1) is 12.3. The SMILES string of the molecule is N#Cc1ccc(-c2ccc3c(c2)-c2c4ccccc4cc[n+]2C3)cc1.